The highest BCUT2D eigenvalue weighted by Gasteiger charge is 2.34. The molecule has 1 aliphatic rings. The van der Waals surface area contributed by atoms with Gasteiger partial charge in [-0.3, -0.25) is 9.59 Å². The summed E-state index contributed by atoms with van der Waals surface area (Å²) < 4.78 is 5.15. The van der Waals surface area contributed by atoms with Gasteiger partial charge in [0, 0.05) is 17.3 Å². The van der Waals surface area contributed by atoms with Gasteiger partial charge in [0.25, 0.3) is 0 Å². The number of anilines is 2. The van der Waals surface area contributed by atoms with E-state index in [9.17, 15) is 9.59 Å². The van der Waals surface area contributed by atoms with E-state index < -0.39 is 0 Å². The standard InChI is InChI=1S/C27H28N2O3/c1-19-6-8-20(9-7-19)18-29(27(31)22-10-11-22)24-5-3-4-21(16-24)17-26(30)28-23-12-14-25(32-2)15-13-23/h3-9,12-16,22H,10-11,17-18H2,1-2H3,(H,28,30). The van der Waals surface area contributed by atoms with Crippen LogP contribution in [0.2, 0.25) is 0 Å². The summed E-state index contributed by atoms with van der Waals surface area (Å²) in [5, 5.41) is 2.91. The second-order valence-electron chi connectivity index (χ2n) is 8.31. The lowest BCUT2D eigenvalue weighted by molar-refractivity contribution is -0.120. The topological polar surface area (TPSA) is 58.6 Å². The van der Waals surface area contributed by atoms with E-state index in [1.807, 2.05) is 53.4 Å². The summed E-state index contributed by atoms with van der Waals surface area (Å²) in [5.74, 6) is 0.906. The molecule has 3 aromatic carbocycles. The van der Waals surface area contributed by atoms with Gasteiger partial charge in [-0.05, 0) is 67.3 Å². The van der Waals surface area contributed by atoms with Crippen molar-refractivity contribution in [2.45, 2.75) is 32.7 Å². The van der Waals surface area contributed by atoms with Crippen molar-refractivity contribution >= 4 is 23.2 Å². The van der Waals surface area contributed by atoms with E-state index in [0.717, 1.165) is 41.1 Å². The van der Waals surface area contributed by atoms with Crippen LogP contribution in [-0.4, -0.2) is 18.9 Å². The summed E-state index contributed by atoms with van der Waals surface area (Å²) >= 11 is 0. The van der Waals surface area contributed by atoms with Gasteiger partial charge in [0.2, 0.25) is 11.8 Å². The lowest BCUT2D eigenvalue weighted by Crippen LogP contribution is -2.31. The first kappa shape index (κ1) is 21.6. The number of rotatable bonds is 8. The van der Waals surface area contributed by atoms with E-state index in [-0.39, 0.29) is 24.2 Å². The van der Waals surface area contributed by atoms with E-state index in [0.29, 0.717) is 6.54 Å². The molecule has 0 bridgehead atoms. The van der Waals surface area contributed by atoms with Crippen LogP contribution in [0.5, 0.6) is 5.75 Å². The van der Waals surface area contributed by atoms with Crippen molar-refractivity contribution in [3.05, 3.63) is 89.5 Å². The summed E-state index contributed by atoms with van der Waals surface area (Å²) in [7, 11) is 1.61. The maximum absolute atomic E-state index is 13.0. The van der Waals surface area contributed by atoms with Crippen molar-refractivity contribution in [3.8, 4) is 5.75 Å². The Hall–Kier alpha value is -3.60. The van der Waals surface area contributed by atoms with E-state index in [2.05, 4.69) is 36.5 Å². The van der Waals surface area contributed by atoms with E-state index in [1.165, 1.54) is 5.56 Å². The van der Waals surface area contributed by atoms with Gasteiger partial charge in [0.05, 0.1) is 20.1 Å². The average molecular weight is 429 g/mol. The molecule has 164 valence electrons. The SMILES string of the molecule is COc1ccc(NC(=O)Cc2cccc(N(Cc3ccc(C)cc3)C(=O)C3CC3)c2)cc1. The number of carbonyl (C=O) groups is 2. The van der Waals surface area contributed by atoms with Gasteiger partial charge in [-0.25, -0.2) is 0 Å². The Bertz CT molecular complexity index is 1090. The third-order valence-electron chi connectivity index (χ3n) is 5.61. The predicted octanol–water partition coefficient (Wildman–Crippen LogP) is 5.13. The second kappa shape index (κ2) is 9.69. The zero-order valence-corrected chi connectivity index (χ0v) is 18.5. The molecule has 0 spiro atoms. The van der Waals surface area contributed by atoms with Gasteiger partial charge < -0.3 is 15.0 Å². The van der Waals surface area contributed by atoms with Crippen LogP contribution in [0, 0.1) is 12.8 Å². The smallest absolute Gasteiger partial charge is 0.230 e. The van der Waals surface area contributed by atoms with Gasteiger partial charge in [-0.1, -0.05) is 42.0 Å². The lowest BCUT2D eigenvalue weighted by atomic mass is 10.1. The summed E-state index contributed by atoms with van der Waals surface area (Å²) in [5.41, 5.74) is 4.70. The third kappa shape index (κ3) is 5.55. The van der Waals surface area contributed by atoms with E-state index in [1.54, 1.807) is 7.11 Å². The number of methoxy groups -OCH3 is 1. The number of hydrogen-bond donors (Lipinski definition) is 1. The summed E-state index contributed by atoms with van der Waals surface area (Å²) in [6.45, 7) is 2.58. The lowest BCUT2D eigenvalue weighted by Gasteiger charge is -2.24. The highest BCUT2D eigenvalue weighted by Crippen LogP contribution is 2.34. The van der Waals surface area contributed by atoms with Gasteiger partial charge >= 0.3 is 0 Å². The summed E-state index contributed by atoms with van der Waals surface area (Å²) in [4.78, 5) is 27.5. The van der Waals surface area contributed by atoms with Crippen LogP contribution >= 0.6 is 0 Å². The van der Waals surface area contributed by atoms with Crippen LogP contribution in [0.15, 0.2) is 72.8 Å². The second-order valence-corrected chi connectivity index (χ2v) is 8.31. The molecule has 0 saturated heterocycles. The molecular weight excluding hydrogens is 400 g/mol. The molecule has 3 aromatic rings. The molecule has 32 heavy (non-hydrogen) atoms. The van der Waals surface area contributed by atoms with E-state index in [4.69, 9.17) is 4.74 Å². The number of nitrogens with one attached hydrogen (secondary N) is 1. The van der Waals surface area contributed by atoms with Crippen LogP contribution < -0.4 is 15.0 Å². The molecule has 5 nitrogen and oxygen atoms in total. The first-order valence-electron chi connectivity index (χ1n) is 10.9. The summed E-state index contributed by atoms with van der Waals surface area (Å²) in [6, 6.07) is 23.2. The number of carbonyl (C=O) groups excluding carboxylic acids is 2. The van der Waals surface area contributed by atoms with Crippen molar-refractivity contribution in [2.75, 3.05) is 17.3 Å². The number of amides is 2. The van der Waals surface area contributed by atoms with Gasteiger partial charge in [0.1, 0.15) is 5.75 Å². The highest BCUT2D eigenvalue weighted by atomic mass is 16.5. The molecule has 0 unspecified atom stereocenters. The van der Waals surface area contributed by atoms with Crippen LogP contribution in [0.4, 0.5) is 11.4 Å². The molecule has 1 saturated carbocycles. The van der Waals surface area contributed by atoms with E-state index >= 15 is 0 Å². The minimum Gasteiger partial charge on any atom is -0.497 e. The predicted molar refractivity (Wildman–Crippen MR) is 127 cm³/mol. The van der Waals surface area contributed by atoms with Crippen molar-refractivity contribution in [1.82, 2.24) is 0 Å². The van der Waals surface area contributed by atoms with Gasteiger partial charge in [-0.15, -0.1) is 0 Å². The third-order valence-corrected chi connectivity index (χ3v) is 5.61. The maximum Gasteiger partial charge on any atom is 0.230 e. The van der Waals surface area contributed by atoms with Crippen LogP contribution in [0.1, 0.15) is 29.5 Å². The number of ether oxygens (including phenoxy) is 1. The molecule has 1 aliphatic carbocycles. The Kier molecular flexibility index (Phi) is 6.55. The fourth-order valence-electron chi connectivity index (χ4n) is 3.62. The first-order chi connectivity index (χ1) is 15.5. The molecule has 0 atom stereocenters. The van der Waals surface area contributed by atoms with Crippen molar-refractivity contribution < 1.29 is 14.3 Å². The fourth-order valence-corrected chi connectivity index (χ4v) is 3.62. The number of nitrogens with zero attached hydrogens (tertiary/aromatic N) is 1. The Morgan fingerprint density at radius 2 is 1.69 bits per heavy atom. The van der Waals surface area contributed by atoms with Gasteiger partial charge in [-0.2, -0.15) is 0 Å². The number of hydrogen-bond acceptors (Lipinski definition) is 3. The molecule has 1 fully saturated rings. The fraction of sp³-hybridized carbons (Fsp3) is 0.259. The highest BCUT2D eigenvalue weighted by molar-refractivity contribution is 5.97. The molecule has 0 heterocycles. The van der Waals surface area contributed by atoms with Crippen molar-refractivity contribution in [1.29, 1.82) is 0 Å². The molecule has 4 rings (SSSR count). The molecule has 1 N–H and O–H groups in total. The largest absolute Gasteiger partial charge is 0.497 e. The molecule has 2 amide bonds. The summed E-state index contributed by atoms with van der Waals surface area (Å²) in [6.07, 6.45) is 2.14. The molecule has 0 aliphatic heterocycles. The molecule has 5 heteroatoms. The van der Waals surface area contributed by atoms with Crippen LogP contribution in [-0.2, 0) is 22.6 Å². The molecule has 0 aromatic heterocycles. The Balaban J connectivity index is 1.48. The molecule has 0 radical (unpaired) electrons. The average Bonchev–Trinajstić information content (AvgIpc) is 3.64. The van der Waals surface area contributed by atoms with Gasteiger partial charge in [0.15, 0.2) is 0 Å². The quantitative estimate of drug-likeness (QED) is 0.541. The van der Waals surface area contributed by atoms with Crippen LogP contribution in [0.25, 0.3) is 0 Å². The Morgan fingerprint density at radius 3 is 2.34 bits per heavy atom. The molecular formula is C27H28N2O3. The van der Waals surface area contributed by atoms with Crippen LogP contribution in [0.3, 0.4) is 0 Å². The zero-order valence-electron chi connectivity index (χ0n) is 18.5. The number of benzene rings is 3. The maximum atomic E-state index is 13.0. The number of aryl methyl sites for hydroxylation is 1. The zero-order chi connectivity index (χ0) is 22.5. The minimum atomic E-state index is -0.106. The minimum absolute atomic E-state index is 0.106. The van der Waals surface area contributed by atoms with Crippen molar-refractivity contribution in [2.24, 2.45) is 5.92 Å². The normalized spacial score (nSPS) is 12.8. The Labute approximate surface area is 189 Å². The Morgan fingerprint density at radius 1 is 0.969 bits per heavy atom. The van der Waals surface area contributed by atoms with Crippen molar-refractivity contribution in [3.63, 3.8) is 0 Å². The first-order valence-corrected chi connectivity index (χ1v) is 10.9. The monoisotopic (exact) mass is 428 g/mol.